The molecule has 0 atom stereocenters. The van der Waals surface area contributed by atoms with Crippen molar-refractivity contribution in [1.82, 2.24) is 20.4 Å². The summed E-state index contributed by atoms with van der Waals surface area (Å²) in [6.45, 7) is 7.51. The number of nitrogens with one attached hydrogen (secondary N) is 2. The van der Waals surface area contributed by atoms with E-state index in [0.717, 1.165) is 56.7 Å². The number of H-pyrrole nitrogens is 1. The lowest BCUT2D eigenvalue weighted by atomic mass is 10.1. The van der Waals surface area contributed by atoms with Crippen LogP contribution in [0.25, 0.3) is 0 Å². The van der Waals surface area contributed by atoms with Crippen molar-refractivity contribution in [2.24, 2.45) is 0 Å². The van der Waals surface area contributed by atoms with Crippen LogP contribution < -0.4 is 5.32 Å². The maximum atomic E-state index is 12.5. The topological polar surface area (TPSA) is 61.0 Å². The number of carbonyl (C=O) groups excluding carboxylic acids is 1. The highest BCUT2D eigenvalue weighted by atomic mass is 35.5. The second-order valence-electron chi connectivity index (χ2n) is 4.75. The van der Waals surface area contributed by atoms with E-state index in [0.29, 0.717) is 5.69 Å². The van der Waals surface area contributed by atoms with Crippen LogP contribution in [0, 0.1) is 0 Å². The normalized spacial score (nSPS) is 13.6. The highest BCUT2D eigenvalue weighted by Gasteiger charge is 2.24. The van der Waals surface area contributed by atoms with Crippen molar-refractivity contribution >= 4 is 18.3 Å². The van der Waals surface area contributed by atoms with Gasteiger partial charge < -0.3 is 10.2 Å². The fraction of sp³-hybridized carbons (Fsp3) is 0.692. The van der Waals surface area contributed by atoms with E-state index in [1.54, 1.807) is 0 Å². The van der Waals surface area contributed by atoms with E-state index in [9.17, 15) is 4.79 Å². The molecule has 2 heterocycles. The summed E-state index contributed by atoms with van der Waals surface area (Å²) >= 11 is 0. The van der Waals surface area contributed by atoms with Crippen LogP contribution in [-0.2, 0) is 13.0 Å². The highest BCUT2D eigenvalue weighted by molar-refractivity contribution is 5.94. The van der Waals surface area contributed by atoms with Gasteiger partial charge in [-0.3, -0.25) is 9.89 Å². The third-order valence-electron chi connectivity index (χ3n) is 3.28. The SMILES string of the molecule is CCCN(CCC)C(=O)c1n[nH]c2c1CNCC2.Cl. The first-order valence-electron chi connectivity index (χ1n) is 6.84. The quantitative estimate of drug-likeness (QED) is 0.867. The number of carbonyl (C=O) groups is 1. The number of rotatable bonds is 5. The molecule has 1 aliphatic rings. The third kappa shape index (κ3) is 3.48. The molecule has 0 aromatic carbocycles. The average Bonchev–Trinajstić information content (AvgIpc) is 2.81. The maximum Gasteiger partial charge on any atom is 0.274 e. The van der Waals surface area contributed by atoms with Crippen molar-refractivity contribution < 1.29 is 4.79 Å². The van der Waals surface area contributed by atoms with Gasteiger partial charge in [-0.15, -0.1) is 12.4 Å². The zero-order valence-electron chi connectivity index (χ0n) is 11.7. The Hall–Kier alpha value is -1.07. The minimum absolute atomic E-state index is 0. The monoisotopic (exact) mass is 286 g/mol. The molecule has 1 amide bonds. The predicted octanol–water partition coefficient (Wildman–Crippen LogP) is 1.74. The van der Waals surface area contributed by atoms with Crippen molar-refractivity contribution in [3.05, 3.63) is 17.0 Å². The van der Waals surface area contributed by atoms with Gasteiger partial charge in [0.25, 0.3) is 5.91 Å². The average molecular weight is 287 g/mol. The Morgan fingerprint density at radius 2 is 2.00 bits per heavy atom. The molecule has 5 nitrogen and oxygen atoms in total. The Morgan fingerprint density at radius 3 is 2.63 bits per heavy atom. The van der Waals surface area contributed by atoms with Crippen LogP contribution in [0.2, 0.25) is 0 Å². The van der Waals surface area contributed by atoms with Gasteiger partial charge in [-0.1, -0.05) is 13.8 Å². The van der Waals surface area contributed by atoms with Crippen LogP contribution in [-0.4, -0.2) is 40.6 Å². The Labute approximate surface area is 120 Å². The molecule has 0 aliphatic carbocycles. The Morgan fingerprint density at radius 1 is 1.32 bits per heavy atom. The van der Waals surface area contributed by atoms with E-state index in [2.05, 4.69) is 29.4 Å². The maximum absolute atomic E-state index is 12.5. The summed E-state index contributed by atoms with van der Waals surface area (Å²) in [6.07, 6.45) is 2.89. The predicted molar refractivity (Wildman–Crippen MR) is 77.7 cm³/mol. The lowest BCUT2D eigenvalue weighted by molar-refractivity contribution is 0.0748. The van der Waals surface area contributed by atoms with Gasteiger partial charge in [0.05, 0.1) is 0 Å². The summed E-state index contributed by atoms with van der Waals surface area (Å²) in [6, 6.07) is 0. The zero-order valence-corrected chi connectivity index (χ0v) is 12.5. The molecule has 0 unspecified atom stereocenters. The number of hydrogen-bond donors (Lipinski definition) is 2. The van der Waals surface area contributed by atoms with Crippen LogP contribution in [0.4, 0.5) is 0 Å². The first-order valence-corrected chi connectivity index (χ1v) is 6.84. The summed E-state index contributed by atoms with van der Waals surface area (Å²) in [7, 11) is 0. The molecule has 0 fully saturated rings. The molecule has 1 aromatic rings. The van der Waals surface area contributed by atoms with Gasteiger partial charge in [0, 0.05) is 43.9 Å². The van der Waals surface area contributed by atoms with Gasteiger partial charge >= 0.3 is 0 Å². The highest BCUT2D eigenvalue weighted by Crippen LogP contribution is 2.17. The van der Waals surface area contributed by atoms with Crippen molar-refractivity contribution in [3.63, 3.8) is 0 Å². The number of fused-ring (bicyclic) bond motifs is 1. The molecule has 0 bridgehead atoms. The first-order chi connectivity index (χ1) is 8.77. The standard InChI is InChI=1S/C13H22N4O.ClH/c1-3-7-17(8-4-2)13(18)12-10-9-14-6-5-11(10)15-16-12;/h14H,3-9H2,1-2H3,(H,15,16);1H. The molecule has 0 saturated heterocycles. The molecule has 0 spiro atoms. The number of nitrogens with zero attached hydrogens (tertiary/aromatic N) is 2. The summed E-state index contributed by atoms with van der Waals surface area (Å²) in [5, 5.41) is 10.5. The minimum atomic E-state index is 0. The molecular weight excluding hydrogens is 264 g/mol. The molecule has 0 saturated carbocycles. The summed E-state index contributed by atoms with van der Waals surface area (Å²) in [4.78, 5) is 14.4. The second-order valence-corrected chi connectivity index (χ2v) is 4.75. The largest absolute Gasteiger partial charge is 0.337 e. The van der Waals surface area contributed by atoms with Gasteiger partial charge in [0.1, 0.15) is 0 Å². The van der Waals surface area contributed by atoms with Crippen molar-refractivity contribution in [2.45, 2.75) is 39.7 Å². The Bertz CT molecular complexity index is 413. The molecule has 6 heteroatoms. The van der Waals surface area contributed by atoms with Crippen LogP contribution in [0.3, 0.4) is 0 Å². The van der Waals surface area contributed by atoms with E-state index in [1.807, 2.05) is 4.90 Å². The number of aromatic nitrogens is 2. The van der Waals surface area contributed by atoms with Crippen LogP contribution in [0.15, 0.2) is 0 Å². The lowest BCUT2D eigenvalue weighted by Crippen LogP contribution is -2.34. The van der Waals surface area contributed by atoms with E-state index < -0.39 is 0 Å². The smallest absolute Gasteiger partial charge is 0.274 e. The number of aromatic amines is 1. The van der Waals surface area contributed by atoms with Gasteiger partial charge in [0.2, 0.25) is 0 Å². The van der Waals surface area contributed by atoms with Crippen LogP contribution in [0.5, 0.6) is 0 Å². The fourth-order valence-electron chi connectivity index (χ4n) is 2.41. The van der Waals surface area contributed by atoms with E-state index in [4.69, 9.17) is 0 Å². The summed E-state index contributed by atoms with van der Waals surface area (Å²) < 4.78 is 0. The van der Waals surface area contributed by atoms with Gasteiger partial charge in [-0.25, -0.2) is 0 Å². The molecular formula is C13H23ClN4O. The first kappa shape index (κ1) is 16.0. The van der Waals surface area contributed by atoms with Crippen LogP contribution in [0.1, 0.15) is 48.4 Å². The number of hydrogen-bond acceptors (Lipinski definition) is 3. The van der Waals surface area contributed by atoms with Crippen molar-refractivity contribution in [1.29, 1.82) is 0 Å². The molecule has 0 radical (unpaired) electrons. The van der Waals surface area contributed by atoms with Gasteiger partial charge in [0.15, 0.2) is 5.69 Å². The third-order valence-corrected chi connectivity index (χ3v) is 3.28. The van der Waals surface area contributed by atoms with E-state index in [1.165, 1.54) is 0 Å². The van der Waals surface area contributed by atoms with Crippen molar-refractivity contribution in [2.75, 3.05) is 19.6 Å². The van der Waals surface area contributed by atoms with E-state index >= 15 is 0 Å². The molecule has 19 heavy (non-hydrogen) atoms. The minimum Gasteiger partial charge on any atom is -0.337 e. The molecule has 2 rings (SSSR count). The fourth-order valence-corrected chi connectivity index (χ4v) is 2.41. The summed E-state index contributed by atoms with van der Waals surface area (Å²) in [5.74, 6) is 0.0694. The van der Waals surface area contributed by atoms with Crippen molar-refractivity contribution in [3.8, 4) is 0 Å². The zero-order chi connectivity index (χ0) is 13.0. The molecule has 1 aliphatic heterocycles. The lowest BCUT2D eigenvalue weighted by Gasteiger charge is -2.21. The van der Waals surface area contributed by atoms with Gasteiger partial charge in [-0.2, -0.15) is 5.10 Å². The molecule has 2 N–H and O–H groups in total. The van der Waals surface area contributed by atoms with Gasteiger partial charge in [-0.05, 0) is 12.8 Å². The summed E-state index contributed by atoms with van der Waals surface area (Å²) in [5.41, 5.74) is 2.78. The molecule has 1 aromatic heterocycles. The van der Waals surface area contributed by atoms with Crippen LogP contribution >= 0.6 is 12.4 Å². The number of halogens is 1. The second kappa shape index (κ2) is 7.50. The number of amides is 1. The Kier molecular flexibility index (Phi) is 6.31. The van der Waals surface area contributed by atoms with E-state index in [-0.39, 0.29) is 18.3 Å². The Balaban J connectivity index is 0.00000180. The molecule has 108 valence electrons.